The van der Waals surface area contributed by atoms with Gasteiger partial charge >= 0.3 is 0 Å². The van der Waals surface area contributed by atoms with E-state index in [9.17, 15) is 4.79 Å². The number of nitrogens with one attached hydrogen (secondary N) is 2. The smallest absolute Gasteiger partial charge is 0.275 e. The molecular weight excluding hydrogens is 328 g/mol. The van der Waals surface area contributed by atoms with E-state index in [1.807, 2.05) is 43.5 Å². The van der Waals surface area contributed by atoms with E-state index in [-0.39, 0.29) is 5.91 Å². The lowest BCUT2D eigenvalue weighted by Gasteiger charge is -2.06. The Morgan fingerprint density at radius 2 is 2.15 bits per heavy atom. The number of imidazole rings is 1. The molecule has 0 unspecified atom stereocenters. The largest absolute Gasteiger partial charge is 0.333 e. The van der Waals surface area contributed by atoms with E-state index in [0.29, 0.717) is 17.2 Å². The molecule has 3 aromatic rings. The van der Waals surface area contributed by atoms with Crippen LogP contribution in [0.3, 0.4) is 0 Å². The first-order chi connectivity index (χ1) is 12.7. The SMILES string of the molecule is Cc1nccc(-c2cccc(NC(=O)c3cn4c(n3)CCNCC4)c2)n1. The Morgan fingerprint density at radius 1 is 1.23 bits per heavy atom. The molecule has 132 valence electrons. The minimum absolute atomic E-state index is 0.199. The number of benzene rings is 1. The molecule has 3 heterocycles. The van der Waals surface area contributed by atoms with Gasteiger partial charge in [0.1, 0.15) is 17.3 Å². The number of hydrogen-bond donors (Lipinski definition) is 2. The molecule has 0 spiro atoms. The highest BCUT2D eigenvalue weighted by atomic mass is 16.1. The van der Waals surface area contributed by atoms with Crippen molar-refractivity contribution in [3.05, 3.63) is 60.1 Å². The molecule has 0 radical (unpaired) electrons. The molecule has 0 fully saturated rings. The topological polar surface area (TPSA) is 84.7 Å². The Balaban J connectivity index is 1.54. The minimum atomic E-state index is -0.199. The fraction of sp³-hybridized carbons (Fsp3) is 0.263. The van der Waals surface area contributed by atoms with Crippen LogP contribution >= 0.6 is 0 Å². The molecule has 0 saturated heterocycles. The van der Waals surface area contributed by atoms with Crippen LogP contribution in [0.15, 0.2) is 42.7 Å². The molecule has 0 bridgehead atoms. The number of aromatic nitrogens is 4. The third-order valence-electron chi connectivity index (χ3n) is 4.34. The van der Waals surface area contributed by atoms with Gasteiger partial charge < -0.3 is 15.2 Å². The van der Waals surface area contributed by atoms with E-state index in [0.717, 1.165) is 43.1 Å². The molecule has 26 heavy (non-hydrogen) atoms. The van der Waals surface area contributed by atoms with Crippen molar-refractivity contribution >= 4 is 11.6 Å². The number of anilines is 1. The Labute approximate surface area is 151 Å². The number of aryl methyl sites for hydroxylation is 1. The zero-order valence-electron chi connectivity index (χ0n) is 14.6. The molecular formula is C19H20N6O. The predicted molar refractivity (Wildman–Crippen MR) is 99.0 cm³/mol. The van der Waals surface area contributed by atoms with Crippen LogP contribution in [0, 0.1) is 6.92 Å². The Morgan fingerprint density at radius 3 is 3.04 bits per heavy atom. The van der Waals surface area contributed by atoms with Crippen LogP contribution in [-0.4, -0.2) is 38.5 Å². The minimum Gasteiger partial charge on any atom is -0.333 e. The van der Waals surface area contributed by atoms with Gasteiger partial charge in [0.25, 0.3) is 5.91 Å². The fourth-order valence-corrected chi connectivity index (χ4v) is 3.05. The van der Waals surface area contributed by atoms with Crippen LogP contribution in [-0.2, 0) is 13.0 Å². The summed E-state index contributed by atoms with van der Waals surface area (Å²) in [6.45, 7) is 4.47. The fourth-order valence-electron chi connectivity index (χ4n) is 3.05. The molecule has 0 aliphatic carbocycles. The first kappa shape index (κ1) is 16.4. The zero-order valence-corrected chi connectivity index (χ0v) is 14.6. The number of hydrogen-bond acceptors (Lipinski definition) is 5. The van der Waals surface area contributed by atoms with E-state index in [1.165, 1.54) is 0 Å². The van der Waals surface area contributed by atoms with E-state index in [2.05, 4.69) is 30.2 Å². The quantitative estimate of drug-likeness (QED) is 0.757. The van der Waals surface area contributed by atoms with Crippen LogP contribution in [0.5, 0.6) is 0 Å². The average molecular weight is 348 g/mol. The number of fused-ring (bicyclic) bond motifs is 1. The molecule has 7 heteroatoms. The van der Waals surface area contributed by atoms with Crippen molar-refractivity contribution in [1.82, 2.24) is 24.8 Å². The molecule has 1 aliphatic heterocycles. The lowest BCUT2D eigenvalue weighted by atomic mass is 10.1. The second-order valence-electron chi connectivity index (χ2n) is 6.26. The second-order valence-corrected chi connectivity index (χ2v) is 6.26. The summed E-state index contributed by atoms with van der Waals surface area (Å²) in [6, 6.07) is 9.49. The number of amides is 1. The maximum absolute atomic E-state index is 12.6. The molecule has 1 aromatic carbocycles. The van der Waals surface area contributed by atoms with Crippen molar-refractivity contribution in [3.63, 3.8) is 0 Å². The van der Waals surface area contributed by atoms with E-state index in [1.54, 1.807) is 6.20 Å². The average Bonchev–Trinajstić information content (AvgIpc) is 2.93. The van der Waals surface area contributed by atoms with Gasteiger partial charge in [0, 0.05) is 49.7 Å². The van der Waals surface area contributed by atoms with Crippen molar-refractivity contribution in [2.45, 2.75) is 19.9 Å². The molecule has 0 saturated carbocycles. The van der Waals surface area contributed by atoms with Crippen molar-refractivity contribution in [3.8, 4) is 11.3 Å². The van der Waals surface area contributed by atoms with Gasteiger partial charge in [0.05, 0.1) is 5.69 Å². The molecule has 0 atom stereocenters. The van der Waals surface area contributed by atoms with Gasteiger partial charge in [-0.1, -0.05) is 12.1 Å². The van der Waals surface area contributed by atoms with Crippen LogP contribution < -0.4 is 10.6 Å². The van der Waals surface area contributed by atoms with Crippen molar-refractivity contribution in [2.24, 2.45) is 0 Å². The normalized spacial score (nSPS) is 13.7. The Hall–Kier alpha value is -3.06. The Kier molecular flexibility index (Phi) is 4.45. The zero-order chi connectivity index (χ0) is 17.9. The third-order valence-corrected chi connectivity index (χ3v) is 4.34. The van der Waals surface area contributed by atoms with Gasteiger partial charge in [-0.15, -0.1) is 0 Å². The highest BCUT2D eigenvalue weighted by Gasteiger charge is 2.16. The van der Waals surface area contributed by atoms with Gasteiger partial charge in [-0.05, 0) is 25.1 Å². The van der Waals surface area contributed by atoms with Crippen LogP contribution in [0.25, 0.3) is 11.3 Å². The van der Waals surface area contributed by atoms with Crippen molar-refractivity contribution in [1.29, 1.82) is 0 Å². The number of carbonyl (C=O) groups excluding carboxylic acids is 1. The Bertz CT molecular complexity index is 925. The van der Waals surface area contributed by atoms with Crippen molar-refractivity contribution in [2.75, 3.05) is 18.4 Å². The first-order valence-electron chi connectivity index (χ1n) is 8.67. The summed E-state index contributed by atoms with van der Waals surface area (Å²) in [5.74, 6) is 1.46. The standard InChI is InChI=1S/C19H20N6O/c1-13-21-8-5-16(22-13)14-3-2-4-15(11-14)23-19(26)17-12-25-10-9-20-7-6-18(25)24-17/h2-5,8,11-12,20H,6-7,9-10H2,1H3,(H,23,26). The van der Waals surface area contributed by atoms with Crippen LogP contribution in [0.2, 0.25) is 0 Å². The lowest BCUT2D eigenvalue weighted by molar-refractivity contribution is 0.102. The second kappa shape index (κ2) is 7.05. The van der Waals surface area contributed by atoms with Gasteiger partial charge in [-0.2, -0.15) is 0 Å². The maximum atomic E-state index is 12.6. The summed E-state index contributed by atoms with van der Waals surface area (Å²) >= 11 is 0. The summed E-state index contributed by atoms with van der Waals surface area (Å²) in [5, 5.41) is 6.26. The summed E-state index contributed by atoms with van der Waals surface area (Å²) in [5.41, 5.74) is 2.92. The third kappa shape index (κ3) is 3.48. The van der Waals surface area contributed by atoms with E-state index < -0.39 is 0 Å². The summed E-state index contributed by atoms with van der Waals surface area (Å²) < 4.78 is 2.05. The van der Waals surface area contributed by atoms with Crippen LogP contribution in [0.4, 0.5) is 5.69 Å². The van der Waals surface area contributed by atoms with E-state index in [4.69, 9.17) is 0 Å². The van der Waals surface area contributed by atoms with Gasteiger partial charge in [0.15, 0.2) is 0 Å². The highest BCUT2D eigenvalue weighted by Crippen LogP contribution is 2.21. The van der Waals surface area contributed by atoms with Gasteiger partial charge in [0.2, 0.25) is 0 Å². The molecule has 4 rings (SSSR count). The van der Waals surface area contributed by atoms with Crippen molar-refractivity contribution < 1.29 is 4.79 Å². The van der Waals surface area contributed by atoms with Gasteiger partial charge in [-0.3, -0.25) is 4.79 Å². The van der Waals surface area contributed by atoms with E-state index >= 15 is 0 Å². The number of carbonyl (C=O) groups is 1. The maximum Gasteiger partial charge on any atom is 0.275 e. The summed E-state index contributed by atoms with van der Waals surface area (Å²) in [6.07, 6.45) is 4.39. The molecule has 2 N–H and O–H groups in total. The molecule has 2 aromatic heterocycles. The number of rotatable bonds is 3. The molecule has 1 aliphatic rings. The van der Waals surface area contributed by atoms with Crippen LogP contribution in [0.1, 0.15) is 22.1 Å². The highest BCUT2D eigenvalue weighted by molar-refractivity contribution is 6.03. The molecule has 7 nitrogen and oxygen atoms in total. The predicted octanol–water partition coefficient (Wildman–Crippen LogP) is 2.05. The monoisotopic (exact) mass is 348 g/mol. The summed E-state index contributed by atoms with van der Waals surface area (Å²) in [4.78, 5) is 25.6. The van der Waals surface area contributed by atoms with Gasteiger partial charge in [-0.25, -0.2) is 15.0 Å². The molecule has 1 amide bonds. The lowest BCUT2D eigenvalue weighted by Crippen LogP contribution is -2.18. The first-order valence-corrected chi connectivity index (χ1v) is 8.67. The summed E-state index contributed by atoms with van der Waals surface area (Å²) in [7, 11) is 0. The number of nitrogens with zero attached hydrogens (tertiary/aromatic N) is 4.